The van der Waals surface area contributed by atoms with E-state index in [1.807, 2.05) is 13.8 Å². The minimum Gasteiger partial charge on any atom is -0.487 e. The molecule has 9 nitrogen and oxygen atoms in total. The summed E-state index contributed by atoms with van der Waals surface area (Å²) in [6.45, 7) is 3.89. The van der Waals surface area contributed by atoms with Crippen LogP contribution in [0, 0.1) is 0 Å². The minimum atomic E-state index is -3.30. The summed E-state index contributed by atoms with van der Waals surface area (Å²) in [5.41, 5.74) is 0.738. The smallest absolute Gasteiger partial charge is 0.257 e. The predicted octanol–water partition coefficient (Wildman–Crippen LogP) is 2.98. The molecule has 0 spiro atoms. The topological polar surface area (TPSA) is 112 Å². The van der Waals surface area contributed by atoms with Gasteiger partial charge in [0.05, 0.1) is 16.7 Å². The van der Waals surface area contributed by atoms with Crippen molar-refractivity contribution in [2.75, 3.05) is 11.6 Å². The summed E-state index contributed by atoms with van der Waals surface area (Å²) in [5.74, 6) is 1.38. The number of amides is 1. The molecule has 1 aromatic heterocycles. The third-order valence-corrected chi connectivity index (χ3v) is 5.87. The lowest BCUT2D eigenvalue weighted by molar-refractivity contribution is 0.102. The Morgan fingerprint density at radius 3 is 2.52 bits per heavy atom. The quantitative estimate of drug-likeness (QED) is 0.646. The normalized spacial score (nSPS) is 14.6. The molecule has 0 bridgehead atoms. The van der Waals surface area contributed by atoms with Crippen molar-refractivity contribution in [1.82, 2.24) is 15.0 Å². The van der Waals surface area contributed by atoms with Crippen LogP contribution in [0.2, 0.25) is 0 Å². The van der Waals surface area contributed by atoms with Crippen LogP contribution in [0.3, 0.4) is 0 Å². The molecule has 0 atom stereocenters. The number of carbonyl (C=O) groups is 1. The number of rotatable bonds is 5. The summed E-state index contributed by atoms with van der Waals surface area (Å²) < 4.78 is 35.2. The van der Waals surface area contributed by atoms with Crippen LogP contribution < -0.4 is 14.8 Å². The van der Waals surface area contributed by atoms with E-state index in [1.165, 1.54) is 23.1 Å². The minimum absolute atomic E-state index is 0.197. The molecule has 2 heterocycles. The highest BCUT2D eigenvalue weighted by Gasteiger charge is 2.34. The number of sulfone groups is 1. The fraction of sp³-hybridized carbons (Fsp3) is 0.286. The monoisotopic (exact) mass is 442 g/mol. The molecule has 0 unspecified atom stereocenters. The standard InChI is InChI=1S/C21H22N4O5S/c1-21(2)11-17-16(20(26)23-19-12-22-25(3)24-19)9-14(10-18(17)30-21)29-13-5-7-15(8-6-13)31(4,27)28/h5-10,12H,11H2,1-4H3,(H,23,24,26). The highest BCUT2D eigenvalue weighted by molar-refractivity contribution is 7.90. The van der Waals surface area contributed by atoms with Crippen LogP contribution in [0.15, 0.2) is 47.5 Å². The Kier molecular flexibility index (Phi) is 4.97. The summed E-state index contributed by atoms with van der Waals surface area (Å²) in [6, 6.07) is 9.44. The van der Waals surface area contributed by atoms with Crippen LogP contribution >= 0.6 is 0 Å². The first-order valence-corrected chi connectivity index (χ1v) is 11.4. The Labute approximate surface area is 179 Å². The van der Waals surface area contributed by atoms with E-state index >= 15 is 0 Å². The number of hydrogen-bond donors (Lipinski definition) is 1. The predicted molar refractivity (Wildman–Crippen MR) is 113 cm³/mol. The molecular formula is C21H22N4O5S. The van der Waals surface area contributed by atoms with E-state index in [9.17, 15) is 13.2 Å². The molecule has 0 saturated heterocycles. The van der Waals surface area contributed by atoms with Crippen molar-refractivity contribution in [1.29, 1.82) is 0 Å². The van der Waals surface area contributed by atoms with Gasteiger partial charge in [0, 0.05) is 31.4 Å². The summed E-state index contributed by atoms with van der Waals surface area (Å²) in [4.78, 5) is 14.5. The lowest BCUT2D eigenvalue weighted by Crippen LogP contribution is -2.25. The summed E-state index contributed by atoms with van der Waals surface area (Å²) >= 11 is 0. The van der Waals surface area contributed by atoms with Crippen LogP contribution in [0.5, 0.6) is 17.2 Å². The molecular weight excluding hydrogens is 420 g/mol. The molecule has 0 radical (unpaired) electrons. The molecule has 1 aliphatic heterocycles. The van der Waals surface area contributed by atoms with Gasteiger partial charge in [-0.25, -0.2) is 8.42 Å². The number of nitrogens with zero attached hydrogens (tertiary/aromatic N) is 3. The van der Waals surface area contributed by atoms with E-state index in [4.69, 9.17) is 9.47 Å². The Hall–Kier alpha value is -3.40. The molecule has 31 heavy (non-hydrogen) atoms. The highest BCUT2D eigenvalue weighted by atomic mass is 32.2. The second-order valence-corrected chi connectivity index (χ2v) is 10.0. The van der Waals surface area contributed by atoms with E-state index in [2.05, 4.69) is 15.5 Å². The molecule has 0 saturated carbocycles. The van der Waals surface area contributed by atoms with Gasteiger partial charge < -0.3 is 14.8 Å². The van der Waals surface area contributed by atoms with Gasteiger partial charge in [0.25, 0.3) is 5.91 Å². The van der Waals surface area contributed by atoms with Crippen LogP contribution in [0.4, 0.5) is 5.82 Å². The third-order valence-electron chi connectivity index (χ3n) is 4.74. The SMILES string of the molecule is Cn1ncc(NC(=O)c2cc(Oc3ccc(S(C)(=O)=O)cc3)cc3c2CC(C)(C)O3)n1. The highest BCUT2D eigenvalue weighted by Crippen LogP contribution is 2.41. The Bertz CT molecular complexity index is 1260. The Morgan fingerprint density at radius 2 is 1.90 bits per heavy atom. The molecule has 2 aromatic carbocycles. The molecule has 3 aromatic rings. The number of fused-ring (bicyclic) bond motifs is 1. The molecule has 1 aliphatic rings. The number of hydrogen-bond acceptors (Lipinski definition) is 7. The number of aryl methyl sites for hydroxylation is 1. The lowest BCUT2D eigenvalue weighted by atomic mass is 9.96. The van der Waals surface area contributed by atoms with Crippen LogP contribution in [-0.2, 0) is 23.3 Å². The number of ether oxygens (including phenoxy) is 2. The molecule has 10 heteroatoms. The van der Waals surface area contributed by atoms with Crippen LogP contribution in [-0.4, -0.2) is 41.2 Å². The average Bonchev–Trinajstić information content (AvgIpc) is 3.21. The van der Waals surface area contributed by atoms with Gasteiger partial charge in [0.2, 0.25) is 0 Å². The molecule has 0 aliphatic carbocycles. The molecule has 0 fully saturated rings. The molecule has 162 valence electrons. The molecule has 1 amide bonds. The maximum Gasteiger partial charge on any atom is 0.257 e. The zero-order valence-electron chi connectivity index (χ0n) is 17.5. The third kappa shape index (κ3) is 4.53. The number of anilines is 1. The van der Waals surface area contributed by atoms with E-state index < -0.39 is 15.4 Å². The van der Waals surface area contributed by atoms with Gasteiger partial charge in [-0.1, -0.05) is 0 Å². The maximum absolute atomic E-state index is 13.0. The van der Waals surface area contributed by atoms with E-state index in [-0.39, 0.29) is 10.8 Å². The van der Waals surface area contributed by atoms with Gasteiger partial charge in [-0.2, -0.15) is 9.90 Å². The number of benzene rings is 2. The summed E-state index contributed by atoms with van der Waals surface area (Å²) in [7, 11) is -1.64. The fourth-order valence-electron chi connectivity index (χ4n) is 3.39. The first kappa shape index (κ1) is 20.9. The van der Waals surface area contributed by atoms with Gasteiger partial charge in [-0.05, 0) is 44.2 Å². The van der Waals surface area contributed by atoms with Crippen molar-refractivity contribution < 1.29 is 22.7 Å². The number of carbonyl (C=O) groups excluding carboxylic acids is 1. The van der Waals surface area contributed by atoms with E-state index in [0.717, 1.165) is 11.8 Å². The van der Waals surface area contributed by atoms with Crippen molar-refractivity contribution >= 4 is 21.6 Å². The average molecular weight is 442 g/mol. The van der Waals surface area contributed by atoms with Crippen molar-refractivity contribution in [2.24, 2.45) is 7.05 Å². The van der Waals surface area contributed by atoms with Crippen molar-refractivity contribution in [3.63, 3.8) is 0 Å². The van der Waals surface area contributed by atoms with Crippen molar-refractivity contribution in [3.8, 4) is 17.2 Å². The second-order valence-electron chi connectivity index (χ2n) is 8.01. The zero-order chi connectivity index (χ0) is 22.4. The fourth-order valence-corrected chi connectivity index (χ4v) is 4.02. The van der Waals surface area contributed by atoms with E-state index in [1.54, 1.807) is 31.3 Å². The van der Waals surface area contributed by atoms with Crippen LogP contribution in [0.1, 0.15) is 29.8 Å². The molecule has 1 N–H and O–H groups in total. The van der Waals surface area contributed by atoms with Gasteiger partial charge >= 0.3 is 0 Å². The number of aromatic nitrogens is 3. The first-order valence-electron chi connectivity index (χ1n) is 9.52. The molecule has 4 rings (SSSR count). The zero-order valence-corrected chi connectivity index (χ0v) is 18.4. The first-order chi connectivity index (χ1) is 14.5. The van der Waals surface area contributed by atoms with E-state index in [0.29, 0.717) is 35.1 Å². The van der Waals surface area contributed by atoms with Crippen molar-refractivity contribution in [2.45, 2.75) is 30.8 Å². The van der Waals surface area contributed by atoms with Gasteiger partial charge in [0.15, 0.2) is 15.7 Å². The van der Waals surface area contributed by atoms with Gasteiger partial charge in [0.1, 0.15) is 22.8 Å². The largest absolute Gasteiger partial charge is 0.487 e. The lowest BCUT2D eigenvalue weighted by Gasteiger charge is -2.16. The maximum atomic E-state index is 13.0. The Balaban J connectivity index is 1.66. The Morgan fingerprint density at radius 1 is 1.19 bits per heavy atom. The van der Waals surface area contributed by atoms with Gasteiger partial charge in [-0.15, -0.1) is 5.10 Å². The summed E-state index contributed by atoms with van der Waals surface area (Å²) in [6.07, 6.45) is 3.17. The summed E-state index contributed by atoms with van der Waals surface area (Å²) in [5, 5.41) is 10.8. The second kappa shape index (κ2) is 7.38. The van der Waals surface area contributed by atoms with Crippen LogP contribution in [0.25, 0.3) is 0 Å². The number of nitrogens with one attached hydrogen (secondary N) is 1. The van der Waals surface area contributed by atoms with Crippen molar-refractivity contribution in [3.05, 3.63) is 53.7 Å². The van der Waals surface area contributed by atoms with Gasteiger partial charge in [-0.3, -0.25) is 4.79 Å².